The van der Waals surface area contributed by atoms with Gasteiger partial charge in [0.05, 0.1) is 13.1 Å². The summed E-state index contributed by atoms with van der Waals surface area (Å²) in [6.07, 6.45) is 1.14. The molecular formula is C11H19N3O2. The molecule has 1 atom stereocenters. The molecule has 2 saturated heterocycles. The summed E-state index contributed by atoms with van der Waals surface area (Å²) in [5.41, 5.74) is 0. The van der Waals surface area contributed by atoms with Gasteiger partial charge in [-0.2, -0.15) is 0 Å². The van der Waals surface area contributed by atoms with E-state index in [4.69, 9.17) is 0 Å². The van der Waals surface area contributed by atoms with Crippen LogP contribution < -0.4 is 5.32 Å². The van der Waals surface area contributed by atoms with Gasteiger partial charge in [-0.1, -0.05) is 6.92 Å². The number of likely N-dealkylation sites (tertiary alicyclic amines) is 1. The number of amides is 2. The summed E-state index contributed by atoms with van der Waals surface area (Å²) in [7, 11) is 0. The number of nitrogens with one attached hydrogen (secondary N) is 1. The molecule has 1 N–H and O–H groups in total. The SMILES string of the molecule is CCN1CCC(CN2CC(=O)NCC2=O)C1. The van der Waals surface area contributed by atoms with Crippen LogP contribution in [0.3, 0.4) is 0 Å². The highest BCUT2D eigenvalue weighted by atomic mass is 16.2. The van der Waals surface area contributed by atoms with Crippen LogP contribution in [0.2, 0.25) is 0 Å². The molecule has 16 heavy (non-hydrogen) atoms. The summed E-state index contributed by atoms with van der Waals surface area (Å²) < 4.78 is 0. The Morgan fingerprint density at radius 1 is 1.44 bits per heavy atom. The van der Waals surface area contributed by atoms with Gasteiger partial charge in [0, 0.05) is 13.1 Å². The van der Waals surface area contributed by atoms with Crippen molar-refractivity contribution in [3.63, 3.8) is 0 Å². The van der Waals surface area contributed by atoms with E-state index in [0.29, 0.717) is 5.92 Å². The summed E-state index contributed by atoms with van der Waals surface area (Å²) in [4.78, 5) is 26.9. The van der Waals surface area contributed by atoms with Gasteiger partial charge in [0.15, 0.2) is 0 Å². The van der Waals surface area contributed by atoms with Gasteiger partial charge in [-0.05, 0) is 25.4 Å². The number of piperazine rings is 1. The lowest BCUT2D eigenvalue weighted by Crippen LogP contribution is -2.52. The Morgan fingerprint density at radius 2 is 2.25 bits per heavy atom. The van der Waals surface area contributed by atoms with E-state index in [1.165, 1.54) is 0 Å². The van der Waals surface area contributed by atoms with Crippen LogP contribution in [-0.2, 0) is 9.59 Å². The molecule has 5 nitrogen and oxygen atoms in total. The van der Waals surface area contributed by atoms with E-state index in [-0.39, 0.29) is 24.9 Å². The molecule has 0 aliphatic carbocycles. The molecule has 1 unspecified atom stereocenters. The third kappa shape index (κ3) is 2.52. The van der Waals surface area contributed by atoms with Gasteiger partial charge >= 0.3 is 0 Å². The summed E-state index contributed by atoms with van der Waals surface area (Å²) in [6.45, 7) is 6.55. The molecule has 0 bridgehead atoms. The molecular weight excluding hydrogens is 206 g/mol. The lowest BCUT2D eigenvalue weighted by Gasteiger charge is -2.29. The van der Waals surface area contributed by atoms with E-state index in [1.54, 1.807) is 4.90 Å². The predicted molar refractivity (Wildman–Crippen MR) is 59.8 cm³/mol. The zero-order valence-electron chi connectivity index (χ0n) is 9.74. The summed E-state index contributed by atoms with van der Waals surface area (Å²) in [6, 6.07) is 0. The minimum Gasteiger partial charge on any atom is -0.345 e. The first-order valence-corrected chi connectivity index (χ1v) is 5.96. The third-order valence-corrected chi connectivity index (χ3v) is 3.42. The second kappa shape index (κ2) is 4.82. The highest BCUT2D eigenvalue weighted by molar-refractivity contribution is 5.92. The number of rotatable bonds is 3. The maximum absolute atomic E-state index is 11.6. The Balaban J connectivity index is 1.84. The van der Waals surface area contributed by atoms with E-state index in [0.717, 1.165) is 32.6 Å². The number of carbonyl (C=O) groups excluding carboxylic acids is 2. The summed E-state index contributed by atoms with van der Waals surface area (Å²) in [5.74, 6) is 0.550. The molecule has 2 aliphatic heterocycles. The second-order valence-electron chi connectivity index (χ2n) is 4.60. The first-order chi connectivity index (χ1) is 7.69. The topological polar surface area (TPSA) is 52.6 Å². The van der Waals surface area contributed by atoms with E-state index in [2.05, 4.69) is 17.1 Å². The monoisotopic (exact) mass is 225 g/mol. The molecule has 0 aromatic rings. The fraction of sp³-hybridized carbons (Fsp3) is 0.818. The van der Waals surface area contributed by atoms with Gasteiger partial charge in [0.25, 0.3) is 0 Å². The van der Waals surface area contributed by atoms with Gasteiger partial charge < -0.3 is 15.1 Å². The number of hydrogen-bond acceptors (Lipinski definition) is 3. The molecule has 0 aromatic heterocycles. The third-order valence-electron chi connectivity index (χ3n) is 3.42. The lowest BCUT2D eigenvalue weighted by atomic mass is 10.1. The number of hydrogen-bond donors (Lipinski definition) is 1. The van der Waals surface area contributed by atoms with Crippen molar-refractivity contribution < 1.29 is 9.59 Å². The maximum atomic E-state index is 11.6. The van der Waals surface area contributed by atoms with E-state index < -0.39 is 0 Å². The first-order valence-electron chi connectivity index (χ1n) is 5.96. The maximum Gasteiger partial charge on any atom is 0.242 e. The van der Waals surface area contributed by atoms with Crippen molar-refractivity contribution in [2.75, 3.05) is 39.3 Å². The molecule has 0 radical (unpaired) electrons. The Hall–Kier alpha value is -1.10. The van der Waals surface area contributed by atoms with Gasteiger partial charge in [0.1, 0.15) is 0 Å². The fourth-order valence-electron chi connectivity index (χ4n) is 2.43. The quantitative estimate of drug-likeness (QED) is 0.690. The molecule has 2 rings (SSSR count). The molecule has 90 valence electrons. The molecule has 0 spiro atoms. The first kappa shape index (κ1) is 11.4. The van der Waals surface area contributed by atoms with Crippen molar-refractivity contribution in [3.8, 4) is 0 Å². The Morgan fingerprint density at radius 3 is 2.94 bits per heavy atom. The van der Waals surface area contributed by atoms with Crippen molar-refractivity contribution in [2.24, 2.45) is 5.92 Å². The Labute approximate surface area is 95.8 Å². The van der Waals surface area contributed by atoms with E-state index in [1.807, 2.05) is 0 Å². The zero-order chi connectivity index (χ0) is 11.5. The van der Waals surface area contributed by atoms with Crippen LogP contribution in [0.5, 0.6) is 0 Å². The molecule has 2 fully saturated rings. The average molecular weight is 225 g/mol. The van der Waals surface area contributed by atoms with Crippen LogP contribution in [0.4, 0.5) is 0 Å². The van der Waals surface area contributed by atoms with E-state index in [9.17, 15) is 9.59 Å². The molecule has 0 saturated carbocycles. The van der Waals surface area contributed by atoms with Crippen molar-refractivity contribution in [1.29, 1.82) is 0 Å². The second-order valence-corrected chi connectivity index (χ2v) is 4.60. The Kier molecular flexibility index (Phi) is 3.43. The molecule has 5 heteroatoms. The highest BCUT2D eigenvalue weighted by Gasteiger charge is 2.28. The summed E-state index contributed by atoms with van der Waals surface area (Å²) >= 11 is 0. The van der Waals surface area contributed by atoms with Crippen LogP contribution in [0.15, 0.2) is 0 Å². The molecule has 2 amide bonds. The Bertz CT molecular complexity index is 293. The highest BCUT2D eigenvalue weighted by Crippen LogP contribution is 2.17. The molecule has 2 aliphatic rings. The minimum atomic E-state index is -0.0371. The summed E-state index contributed by atoms with van der Waals surface area (Å²) in [5, 5.41) is 2.57. The number of nitrogens with zero attached hydrogens (tertiary/aromatic N) is 2. The van der Waals surface area contributed by atoms with Crippen LogP contribution >= 0.6 is 0 Å². The average Bonchev–Trinajstić information content (AvgIpc) is 2.71. The van der Waals surface area contributed by atoms with Crippen LogP contribution in [0, 0.1) is 5.92 Å². The van der Waals surface area contributed by atoms with Gasteiger partial charge in [-0.15, -0.1) is 0 Å². The van der Waals surface area contributed by atoms with Gasteiger partial charge in [-0.3, -0.25) is 9.59 Å². The van der Waals surface area contributed by atoms with Crippen LogP contribution in [0.1, 0.15) is 13.3 Å². The van der Waals surface area contributed by atoms with Crippen molar-refractivity contribution in [2.45, 2.75) is 13.3 Å². The van der Waals surface area contributed by atoms with E-state index >= 15 is 0 Å². The molecule has 2 heterocycles. The van der Waals surface area contributed by atoms with Crippen molar-refractivity contribution in [3.05, 3.63) is 0 Å². The van der Waals surface area contributed by atoms with Crippen LogP contribution in [0.25, 0.3) is 0 Å². The smallest absolute Gasteiger partial charge is 0.242 e. The zero-order valence-corrected chi connectivity index (χ0v) is 9.74. The predicted octanol–water partition coefficient (Wildman–Crippen LogP) is -0.713. The standard InChI is InChI=1S/C11H19N3O2/c1-2-13-4-3-9(6-13)7-14-8-10(15)12-5-11(14)16/h9H,2-8H2,1H3,(H,12,15). The normalized spacial score (nSPS) is 27.3. The van der Waals surface area contributed by atoms with Gasteiger partial charge in [0.2, 0.25) is 11.8 Å². The number of carbonyl (C=O) groups is 2. The van der Waals surface area contributed by atoms with Gasteiger partial charge in [-0.25, -0.2) is 0 Å². The van der Waals surface area contributed by atoms with Crippen LogP contribution in [-0.4, -0.2) is 60.9 Å². The van der Waals surface area contributed by atoms with Crippen molar-refractivity contribution >= 4 is 11.8 Å². The fourth-order valence-corrected chi connectivity index (χ4v) is 2.43. The van der Waals surface area contributed by atoms with Crippen molar-refractivity contribution in [1.82, 2.24) is 15.1 Å². The largest absolute Gasteiger partial charge is 0.345 e. The molecule has 0 aromatic carbocycles. The minimum absolute atomic E-state index is 0.0371. The lowest BCUT2D eigenvalue weighted by molar-refractivity contribution is -0.141.